The number of piperidine rings is 1. The zero-order valence-corrected chi connectivity index (χ0v) is 9.79. The first-order chi connectivity index (χ1) is 7.36. The highest BCUT2D eigenvalue weighted by atomic mass is 35.5. The number of ether oxygens (including phenoxy) is 1. The van der Waals surface area contributed by atoms with Gasteiger partial charge in [0, 0.05) is 6.54 Å². The standard InChI is InChI=1S/C11H15NO3.ClH/c13-10(11-4-2-6-14-11)8-15-9-3-1-5-12-7-9;/h2,4,6,9,12H,1,3,5,7-8H2;1H. The molecule has 1 fully saturated rings. The molecular weight excluding hydrogens is 230 g/mol. The van der Waals surface area contributed by atoms with Crippen LogP contribution >= 0.6 is 12.4 Å². The predicted molar refractivity (Wildman–Crippen MR) is 62.1 cm³/mol. The fraction of sp³-hybridized carbons (Fsp3) is 0.545. The van der Waals surface area contributed by atoms with E-state index in [0.717, 1.165) is 25.9 Å². The van der Waals surface area contributed by atoms with Crippen LogP contribution in [0.25, 0.3) is 0 Å². The minimum Gasteiger partial charge on any atom is -0.461 e. The highest BCUT2D eigenvalue weighted by Gasteiger charge is 2.16. The van der Waals surface area contributed by atoms with E-state index in [-0.39, 0.29) is 30.9 Å². The second-order valence-corrected chi connectivity index (χ2v) is 3.68. The summed E-state index contributed by atoms with van der Waals surface area (Å²) in [5, 5.41) is 3.23. The van der Waals surface area contributed by atoms with Crippen LogP contribution in [0.5, 0.6) is 0 Å². The van der Waals surface area contributed by atoms with E-state index in [4.69, 9.17) is 9.15 Å². The quantitative estimate of drug-likeness (QED) is 0.820. The topological polar surface area (TPSA) is 51.5 Å². The number of carbonyl (C=O) groups is 1. The van der Waals surface area contributed by atoms with Crippen molar-refractivity contribution in [3.05, 3.63) is 24.2 Å². The first kappa shape index (κ1) is 13.2. The van der Waals surface area contributed by atoms with Gasteiger partial charge in [0.2, 0.25) is 5.78 Å². The number of ketones is 1. The molecule has 2 heterocycles. The van der Waals surface area contributed by atoms with E-state index >= 15 is 0 Å². The summed E-state index contributed by atoms with van der Waals surface area (Å²) in [6.45, 7) is 2.00. The monoisotopic (exact) mass is 245 g/mol. The maximum atomic E-state index is 11.5. The van der Waals surface area contributed by atoms with Crippen molar-refractivity contribution in [1.29, 1.82) is 0 Å². The average molecular weight is 246 g/mol. The molecular formula is C11H16ClNO3. The second kappa shape index (κ2) is 6.68. The van der Waals surface area contributed by atoms with E-state index in [0.29, 0.717) is 5.76 Å². The van der Waals surface area contributed by atoms with Gasteiger partial charge in [0.05, 0.1) is 12.4 Å². The van der Waals surface area contributed by atoms with Crippen molar-refractivity contribution in [2.24, 2.45) is 0 Å². The van der Waals surface area contributed by atoms with Crippen molar-refractivity contribution >= 4 is 18.2 Å². The van der Waals surface area contributed by atoms with Gasteiger partial charge in [-0.15, -0.1) is 12.4 Å². The number of hydrogen-bond donors (Lipinski definition) is 1. The molecule has 1 aromatic heterocycles. The summed E-state index contributed by atoms with van der Waals surface area (Å²) in [4.78, 5) is 11.5. The zero-order valence-electron chi connectivity index (χ0n) is 8.98. The number of Topliss-reactive ketones (excluding diaryl/α,β-unsaturated/α-hetero) is 1. The maximum Gasteiger partial charge on any atom is 0.223 e. The van der Waals surface area contributed by atoms with Crippen molar-refractivity contribution in [1.82, 2.24) is 5.32 Å². The van der Waals surface area contributed by atoms with E-state index in [1.165, 1.54) is 6.26 Å². The number of hydrogen-bond acceptors (Lipinski definition) is 4. The van der Waals surface area contributed by atoms with Crippen molar-refractivity contribution < 1.29 is 13.9 Å². The number of nitrogens with one attached hydrogen (secondary N) is 1. The van der Waals surface area contributed by atoms with Gasteiger partial charge >= 0.3 is 0 Å². The van der Waals surface area contributed by atoms with Crippen molar-refractivity contribution in [2.45, 2.75) is 18.9 Å². The molecule has 0 saturated carbocycles. The molecule has 4 nitrogen and oxygen atoms in total. The summed E-state index contributed by atoms with van der Waals surface area (Å²) in [7, 11) is 0. The van der Waals surface area contributed by atoms with Gasteiger partial charge in [0.15, 0.2) is 5.76 Å². The third-order valence-corrected chi connectivity index (χ3v) is 2.50. The Morgan fingerprint density at radius 1 is 1.62 bits per heavy atom. The molecule has 0 bridgehead atoms. The van der Waals surface area contributed by atoms with Crippen molar-refractivity contribution in [3.8, 4) is 0 Å². The highest BCUT2D eigenvalue weighted by molar-refractivity contribution is 5.94. The van der Waals surface area contributed by atoms with Gasteiger partial charge in [0.25, 0.3) is 0 Å². The SMILES string of the molecule is Cl.O=C(COC1CCCNC1)c1ccco1. The van der Waals surface area contributed by atoms with Crippen LogP contribution in [0.15, 0.2) is 22.8 Å². The summed E-state index contributed by atoms with van der Waals surface area (Å²) < 4.78 is 10.5. The molecule has 0 radical (unpaired) electrons. The third-order valence-electron chi connectivity index (χ3n) is 2.50. The summed E-state index contributed by atoms with van der Waals surface area (Å²) >= 11 is 0. The van der Waals surface area contributed by atoms with Crippen molar-refractivity contribution in [3.63, 3.8) is 0 Å². The average Bonchev–Trinajstić information content (AvgIpc) is 2.81. The molecule has 90 valence electrons. The first-order valence-corrected chi connectivity index (χ1v) is 5.25. The molecule has 0 aliphatic carbocycles. The van der Waals surface area contributed by atoms with Crippen LogP contribution in [0.3, 0.4) is 0 Å². The molecule has 0 aromatic carbocycles. The number of rotatable bonds is 4. The van der Waals surface area contributed by atoms with Crippen LogP contribution in [-0.4, -0.2) is 31.6 Å². The van der Waals surface area contributed by atoms with E-state index < -0.39 is 0 Å². The van der Waals surface area contributed by atoms with Crippen LogP contribution < -0.4 is 5.32 Å². The molecule has 1 aliphatic heterocycles. The maximum absolute atomic E-state index is 11.5. The summed E-state index contributed by atoms with van der Waals surface area (Å²) in [6, 6.07) is 3.36. The zero-order chi connectivity index (χ0) is 10.5. The molecule has 1 aromatic rings. The first-order valence-electron chi connectivity index (χ1n) is 5.25. The van der Waals surface area contributed by atoms with E-state index in [2.05, 4.69) is 5.32 Å². The van der Waals surface area contributed by atoms with Crippen LogP contribution in [0.2, 0.25) is 0 Å². The highest BCUT2D eigenvalue weighted by Crippen LogP contribution is 2.07. The third kappa shape index (κ3) is 3.63. The van der Waals surface area contributed by atoms with Crippen LogP contribution in [-0.2, 0) is 4.74 Å². The van der Waals surface area contributed by atoms with Crippen molar-refractivity contribution in [2.75, 3.05) is 19.7 Å². The number of halogens is 1. The van der Waals surface area contributed by atoms with E-state index in [9.17, 15) is 4.79 Å². The Kier molecular flexibility index (Phi) is 5.52. The Morgan fingerprint density at radius 3 is 3.12 bits per heavy atom. The lowest BCUT2D eigenvalue weighted by atomic mass is 10.1. The van der Waals surface area contributed by atoms with Gasteiger partial charge < -0.3 is 14.5 Å². The van der Waals surface area contributed by atoms with Crippen LogP contribution in [0.4, 0.5) is 0 Å². The van der Waals surface area contributed by atoms with Gasteiger partial charge in [-0.25, -0.2) is 0 Å². The summed E-state index contributed by atoms with van der Waals surface area (Å²) in [6.07, 6.45) is 3.80. The minimum atomic E-state index is -0.0921. The molecule has 1 unspecified atom stereocenters. The van der Waals surface area contributed by atoms with E-state index in [1.807, 2.05) is 0 Å². The van der Waals surface area contributed by atoms with Gasteiger partial charge in [-0.2, -0.15) is 0 Å². The lowest BCUT2D eigenvalue weighted by Gasteiger charge is -2.22. The number of carbonyl (C=O) groups excluding carboxylic acids is 1. The van der Waals surface area contributed by atoms with Crippen LogP contribution in [0.1, 0.15) is 23.4 Å². The molecule has 0 amide bonds. The Bertz CT molecular complexity index is 307. The summed E-state index contributed by atoms with van der Waals surface area (Å²) in [5.74, 6) is 0.282. The minimum absolute atomic E-state index is 0. The summed E-state index contributed by atoms with van der Waals surface area (Å²) in [5.41, 5.74) is 0. The predicted octanol–water partition coefficient (Wildman–Crippen LogP) is 1.65. The molecule has 1 aliphatic rings. The fourth-order valence-electron chi connectivity index (χ4n) is 1.66. The molecule has 1 saturated heterocycles. The smallest absolute Gasteiger partial charge is 0.223 e. The van der Waals surface area contributed by atoms with E-state index in [1.54, 1.807) is 12.1 Å². The Labute approximate surface area is 101 Å². The molecule has 1 N–H and O–H groups in total. The second-order valence-electron chi connectivity index (χ2n) is 3.68. The molecule has 1 atom stereocenters. The number of furan rings is 1. The lowest BCUT2D eigenvalue weighted by molar-refractivity contribution is 0.0332. The Hall–Kier alpha value is -0.840. The Morgan fingerprint density at radius 2 is 2.50 bits per heavy atom. The van der Waals surface area contributed by atoms with Gasteiger partial charge in [-0.05, 0) is 31.5 Å². The van der Waals surface area contributed by atoms with Crippen LogP contribution in [0, 0.1) is 0 Å². The largest absolute Gasteiger partial charge is 0.461 e. The lowest BCUT2D eigenvalue weighted by Crippen LogP contribution is -2.36. The Balaban J connectivity index is 0.00000128. The fourth-order valence-corrected chi connectivity index (χ4v) is 1.66. The van der Waals surface area contributed by atoms with Gasteiger partial charge in [0.1, 0.15) is 6.61 Å². The normalized spacial score (nSPS) is 20.1. The molecule has 0 spiro atoms. The molecule has 5 heteroatoms. The van der Waals surface area contributed by atoms with Gasteiger partial charge in [-0.1, -0.05) is 0 Å². The molecule has 16 heavy (non-hydrogen) atoms. The molecule has 2 rings (SSSR count). The van der Waals surface area contributed by atoms with Gasteiger partial charge in [-0.3, -0.25) is 4.79 Å².